The van der Waals surface area contributed by atoms with Gasteiger partial charge in [-0.25, -0.2) is 4.98 Å². The van der Waals surface area contributed by atoms with Crippen molar-refractivity contribution in [3.8, 4) is 5.75 Å². The maximum absolute atomic E-state index is 6.16. The van der Waals surface area contributed by atoms with Crippen molar-refractivity contribution in [1.29, 1.82) is 0 Å². The van der Waals surface area contributed by atoms with E-state index in [1.54, 1.807) is 6.07 Å². The van der Waals surface area contributed by atoms with Crippen LogP contribution in [-0.2, 0) is 0 Å². The Morgan fingerprint density at radius 1 is 1.35 bits per heavy atom. The van der Waals surface area contributed by atoms with Crippen LogP contribution in [0.1, 0.15) is 0 Å². The maximum Gasteiger partial charge on any atom is 0.159 e. The van der Waals surface area contributed by atoms with Gasteiger partial charge in [-0.1, -0.05) is 23.2 Å². The molecule has 0 saturated heterocycles. The predicted molar refractivity (Wildman–Crippen MR) is 83.8 cm³/mol. The van der Waals surface area contributed by atoms with Gasteiger partial charge in [-0.3, -0.25) is 0 Å². The third kappa shape index (κ3) is 2.92. The number of benzene rings is 1. The van der Waals surface area contributed by atoms with E-state index in [1.165, 1.54) is 0 Å². The van der Waals surface area contributed by atoms with Crippen molar-refractivity contribution >= 4 is 69.3 Å². The summed E-state index contributed by atoms with van der Waals surface area (Å²) in [5.41, 5.74) is 0.691. The lowest BCUT2D eigenvalue weighted by atomic mass is 10.2. The Morgan fingerprint density at radius 3 is 2.82 bits per heavy atom. The number of aromatic nitrogens is 1. The van der Waals surface area contributed by atoms with Crippen molar-refractivity contribution in [3.63, 3.8) is 0 Å². The van der Waals surface area contributed by atoms with Crippen molar-refractivity contribution in [1.82, 2.24) is 4.98 Å². The molecule has 0 radical (unpaired) electrons. The van der Waals surface area contributed by atoms with Crippen LogP contribution in [0.4, 0.5) is 0 Å². The van der Waals surface area contributed by atoms with Gasteiger partial charge in [-0.05, 0) is 40.8 Å². The Hall–Kier alpha value is 0.0900. The maximum atomic E-state index is 6.16. The Balaban J connectivity index is 2.66. The van der Waals surface area contributed by atoms with Crippen molar-refractivity contribution in [2.24, 2.45) is 0 Å². The molecule has 1 heterocycles. The highest BCUT2D eigenvalue weighted by Gasteiger charge is 2.12. The van der Waals surface area contributed by atoms with Gasteiger partial charge in [0.05, 0.1) is 15.2 Å². The number of thiol groups is 1. The molecule has 2 aromatic rings. The second-order valence-electron chi connectivity index (χ2n) is 3.27. The summed E-state index contributed by atoms with van der Waals surface area (Å²) in [7, 11) is 0. The molecule has 0 amide bonds. The summed E-state index contributed by atoms with van der Waals surface area (Å²) in [6, 6.07) is 5.41. The molecular formula is C11H8Cl2INOS. The van der Waals surface area contributed by atoms with Gasteiger partial charge in [0.1, 0.15) is 10.7 Å². The van der Waals surface area contributed by atoms with Gasteiger partial charge in [0, 0.05) is 11.1 Å². The summed E-state index contributed by atoms with van der Waals surface area (Å²) < 4.78 is 6.56. The van der Waals surface area contributed by atoms with Crippen molar-refractivity contribution in [2.45, 2.75) is 0 Å². The first-order valence-electron chi connectivity index (χ1n) is 4.81. The van der Waals surface area contributed by atoms with Crippen molar-refractivity contribution in [3.05, 3.63) is 31.9 Å². The summed E-state index contributed by atoms with van der Waals surface area (Å²) >= 11 is 18.4. The Labute approximate surface area is 128 Å². The van der Waals surface area contributed by atoms with E-state index in [2.05, 4.69) is 40.2 Å². The van der Waals surface area contributed by atoms with Crippen LogP contribution in [0.5, 0.6) is 5.75 Å². The van der Waals surface area contributed by atoms with Gasteiger partial charge in [-0.15, -0.1) is 0 Å². The molecule has 2 nitrogen and oxygen atoms in total. The van der Waals surface area contributed by atoms with Gasteiger partial charge >= 0.3 is 0 Å². The fraction of sp³-hybridized carbons (Fsp3) is 0.182. The van der Waals surface area contributed by atoms with E-state index < -0.39 is 0 Å². The zero-order valence-electron chi connectivity index (χ0n) is 8.58. The molecule has 2 rings (SSSR count). The van der Waals surface area contributed by atoms with Gasteiger partial charge in [0.25, 0.3) is 0 Å². The predicted octanol–water partition coefficient (Wildman–Crippen LogP) is 4.45. The second kappa shape index (κ2) is 5.82. The average molecular weight is 400 g/mol. The molecule has 0 N–H and O–H groups in total. The topological polar surface area (TPSA) is 22.1 Å². The Morgan fingerprint density at radius 2 is 2.12 bits per heavy atom. The molecule has 0 aliphatic heterocycles. The fourth-order valence-electron chi connectivity index (χ4n) is 1.45. The van der Waals surface area contributed by atoms with Crippen molar-refractivity contribution < 1.29 is 4.74 Å². The van der Waals surface area contributed by atoms with Crippen LogP contribution in [0.2, 0.25) is 10.2 Å². The highest BCUT2D eigenvalue weighted by atomic mass is 127. The summed E-state index contributed by atoms with van der Waals surface area (Å²) in [5.74, 6) is 1.35. The third-order valence-corrected chi connectivity index (χ3v) is 3.65. The number of ether oxygens (including phenoxy) is 1. The minimum atomic E-state index is 0.422. The standard InChI is InChI=1S/C11H8Cl2INOS/c12-7-5-8(14)11(16-3-4-17)10-6(7)1-2-9(13)15-10/h1-2,5,17H,3-4H2. The first kappa shape index (κ1) is 13.5. The van der Waals surface area contributed by atoms with Crippen LogP contribution in [0.3, 0.4) is 0 Å². The van der Waals surface area contributed by atoms with E-state index in [-0.39, 0.29) is 0 Å². The molecule has 0 saturated carbocycles. The largest absolute Gasteiger partial charge is 0.489 e. The number of fused-ring (bicyclic) bond motifs is 1. The highest BCUT2D eigenvalue weighted by Crippen LogP contribution is 2.35. The first-order valence-corrected chi connectivity index (χ1v) is 7.28. The number of pyridine rings is 1. The molecular weight excluding hydrogens is 392 g/mol. The Bertz CT molecular complexity index is 565. The smallest absolute Gasteiger partial charge is 0.159 e. The third-order valence-electron chi connectivity index (χ3n) is 2.14. The average Bonchev–Trinajstić information content (AvgIpc) is 2.28. The molecule has 0 aliphatic carbocycles. The SMILES string of the molecule is SCCOc1c(I)cc(Cl)c2ccc(Cl)nc12. The van der Waals surface area contributed by atoms with E-state index in [9.17, 15) is 0 Å². The molecule has 0 spiro atoms. The fourth-order valence-corrected chi connectivity index (χ4v) is 2.86. The minimum absolute atomic E-state index is 0.422. The molecule has 0 bridgehead atoms. The van der Waals surface area contributed by atoms with Gasteiger partial charge in [0.15, 0.2) is 5.75 Å². The van der Waals surface area contributed by atoms with E-state index in [4.69, 9.17) is 27.9 Å². The zero-order chi connectivity index (χ0) is 12.4. The van der Waals surface area contributed by atoms with Crippen LogP contribution in [0.15, 0.2) is 18.2 Å². The Kier molecular flexibility index (Phi) is 4.63. The number of rotatable bonds is 3. The monoisotopic (exact) mass is 399 g/mol. The van der Waals surface area contributed by atoms with E-state index >= 15 is 0 Å². The molecule has 1 aromatic heterocycles. The highest BCUT2D eigenvalue weighted by molar-refractivity contribution is 14.1. The molecule has 0 aliphatic rings. The van der Waals surface area contributed by atoms with Gasteiger partial charge in [0.2, 0.25) is 0 Å². The van der Waals surface area contributed by atoms with E-state index in [0.717, 1.165) is 8.96 Å². The number of halogens is 3. The normalized spacial score (nSPS) is 10.8. The summed E-state index contributed by atoms with van der Waals surface area (Å²) in [6.45, 7) is 0.518. The molecule has 90 valence electrons. The lowest BCUT2D eigenvalue weighted by Crippen LogP contribution is -2.01. The number of hydrogen-bond acceptors (Lipinski definition) is 3. The van der Waals surface area contributed by atoms with Crippen LogP contribution in [-0.4, -0.2) is 17.3 Å². The first-order chi connectivity index (χ1) is 8.13. The zero-order valence-corrected chi connectivity index (χ0v) is 13.1. The summed E-state index contributed by atoms with van der Waals surface area (Å²) in [6.07, 6.45) is 0. The quantitative estimate of drug-likeness (QED) is 0.467. The van der Waals surface area contributed by atoms with E-state index in [1.807, 2.05) is 12.1 Å². The van der Waals surface area contributed by atoms with Crippen LogP contribution < -0.4 is 4.74 Å². The summed E-state index contributed by atoms with van der Waals surface area (Å²) in [4.78, 5) is 4.28. The molecule has 6 heteroatoms. The number of nitrogens with zero attached hydrogens (tertiary/aromatic N) is 1. The molecule has 0 fully saturated rings. The lowest BCUT2D eigenvalue weighted by Gasteiger charge is -2.11. The summed E-state index contributed by atoms with van der Waals surface area (Å²) in [5, 5.41) is 1.91. The van der Waals surface area contributed by atoms with Gasteiger partial charge in [-0.2, -0.15) is 12.6 Å². The second-order valence-corrected chi connectivity index (χ2v) is 5.68. The van der Waals surface area contributed by atoms with Crippen LogP contribution in [0.25, 0.3) is 10.9 Å². The molecule has 0 atom stereocenters. The van der Waals surface area contributed by atoms with Crippen molar-refractivity contribution in [2.75, 3.05) is 12.4 Å². The van der Waals surface area contributed by atoms with Gasteiger partial charge < -0.3 is 4.74 Å². The lowest BCUT2D eigenvalue weighted by molar-refractivity contribution is 0.345. The van der Waals surface area contributed by atoms with Crippen LogP contribution >= 0.6 is 58.4 Å². The van der Waals surface area contributed by atoms with E-state index in [0.29, 0.717) is 33.8 Å². The van der Waals surface area contributed by atoms with Crippen LogP contribution in [0, 0.1) is 3.57 Å². The molecule has 1 aromatic carbocycles. The number of hydrogen-bond donors (Lipinski definition) is 1. The molecule has 17 heavy (non-hydrogen) atoms. The minimum Gasteiger partial charge on any atom is -0.489 e. The molecule has 0 unspecified atom stereocenters.